The third kappa shape index (κ3) is 5.34. The van der Waals surface area contributed by atoms with Crippen LogP contribution in [0.3, 0.4) is 0 Å². The van der Waals surface area contributed by atoms with Gasteiger partial charge in [0.2, 0.25) is 0 Å². The number of hydrogen-bond donors (Lipinski definition) is 0. The minimum Gasteiger partial charge on any atom is -0.0952 e. The molecule has 0 heteroatoms. The van der Waals surface area contributed by atoms with E-state index in [1.807, 2.05) is 0 Å². The molecule has 0 N–H and O–H groups in total. The van der Waals surface area contributed by atoms with Crippen LogP contribution in [0.25, 0.3) is 0 Å². The van der Waals surface area contributed by atoms with Crippen molar-refractivity contribution in [1.29, 1.82) is 0 Å². The summed E-state index contributed by atoms with van der Waals surface area (Å²) in [5.74, 6) is 0. The summed E-state index contributed by atoms with van der Waals surface area (Å²) < 4.78 is 0. The van der Waals surface area contributed by atoms with Crippen molar-refractivity contribution in [2.45, 2.75) is 61.3 Å². The van der Waals surface area contributed by atoms with E-state index in [1.54, 1.807) is 0 Å². The molecule has 0 aromatic heterocycles. The Balaban J connectivity index is 4.66. The van der Waals surface area contributed by atoms with Gasteiger partial charge in [-0.3, -0.25) is 0 Å². The Hall–Kier alpha value is -0.780. The average Bonchev–Trinajstić information content (AvgIpc) is 2.15. The Morgan fingerprint density at radius 2 is 1.62 bits per heavy atom. The van der Waals surface area contributed by atoms with Gasteiger partial charge in [-0.15, -0.1) is 0 Å². The fourth-order valence-corrected chi connectivity index (χ4v) is 1.64. The Kier molecular flexibility index (Phi) is 5.78. The summed E-state index contributed by atoms with van der Waals surface area (Å²) in [6.07, 6.45) is 4.56. The van der Waals surface area contributed by atoms with Crippen molar-refractivity contribution in [3.63, 3.8) is 0 Å². The molecular weight excluding hydrogens is 192 g/mol. The molecule has 0 aromatic carbocycles. The van der Waals surface area contributed by atoms with Crippen molar-refractivity contribution in [3.8, 4) is 0 Å². The van der Waals surface area contributed by atoms with Crippen LogP contribution in [0.1, 0.15) is 61.3 Å². The first-order valence-corrected chi connectivity index (χ1v) is 6.20. The van der Waals surface area contributed by atoms with Crippen molar-refractivity contribution in [2.24, 2.45) is 5.41 Å². The van der Waals surface area contributed by atoms with E-state index in [0.29, 0.717) is 5.41 Å². The van der Waals surface area contributed by atoms with Gasteiger partial charge in [0.25, 0.3) is 0 Å². The van der Waals surface area contributed by atoms with E-state index in [0.717, 1.165) is 6.42 Å². The smallest absolute Gasteiger partial charge is 0.00730 e. The standard InChI is InChI=1S/C16H28/c1-9-16(7,8)11-13(4)10-14(5)15(6)12(2)3/h11H,5,9-10H2,1-4,6-8H3/b13-11+. The van der Waals surface area contributed by atoms with Crippen LogP contribution in [0.15, 0.2) is 34.9 Å². The summed E-state index contributed by atoms with van der Waals surface area (Å²) in [5.41, 5.74) is 5.70. The molecule has 0 unspecified atom stereocenters. The molecule has 0 heterocycles. The summed E-state index contributed by atoms with van der Waals surface area (Å²) in [5, 5.41) is 0. The van der Waals surface area contributed by atoms with E-state index in [2.05, 4.69) is 61.1 Å². The normalized spacial score (nSPS) is 12.6. The van der Waals surface area contributed by atoms with Gasteiger partial charge in [0, 0.05) is 0 Å². The lowest BCUT2D eigenvalue weighted by atomic mass is 9.86. The first-order valence-electron chi connectivity index (χ1n) is 6.20. The molecule has 0 bridgehead atoms. The zero-order valence-corrected chi connectivity index (χ0v) is 12.2. The number of hydrogen-bond acceptors (Lipinski definition) is 0. The topological polar surface area (TPSA) is 0 Å². The molecule has 0 amide bonds. The lowest BCUT2D eigenvalue weighted by molar-refractivity contribution is 0.458. The van der Waals surface area contributed by atoms with Gasteiger partial charge < -0.3 is 0 Å². The van der Waals surface area contributed by atoms with E-state index in [9.17, 15) is 0 Å². The fraction of sp³-hybridized carbons (Fsp3) is 0.625. The first kappa shape index (κ1) is 15.2. The van der Waals surface area contributed by atoms with Crippen molar-refractivity contribution in [3.05, 3.63) is 34.9 Å². The third-order valence-corrected chi connectivity index (χ3v) is 3.32. The predicted octanol–water partition coefficient (Wildman–Crippen LogP) is 5.67. The molecular formula is C16H28. The van der Waals surface area contributed by atoms with Gasteiger partial charge >= 0.3 is 0 Å². The molecule has 0 aliphatic heterocycles. The summed E-state index contributed by atoms with van der Waals surface area (Å²) in [6, 6.07) is 0. The molecule has 0 rings (SSSR count). The van der Waals surface area contributed by atoms with Gasteiger partial charge in [0.1, 0.15) is 0 Å². The number of allylic oxidation sites excluding steroid dienone is 5. The van der Waals surface area contributed by atoms with Crippen LogP contribution in [-0.2, 0) is 0 Å². The Bertz CT molecular complexity index is 307. The maximum Gasteiger partial charge on any atom is -0.00730 e. The van der Waals surface area contributed by atoms with Gasteiger partial charge in [-0.25, -0.2) is 0 Å². The molecule has 0 atom stereocenters. The lowest BCUT2D eigenvalue weighted by Gasteiger charge is -2.19. The fourth-order valence-electron chi connectivity index (χ4n) is 1.64. The first-order chi connectivity index (χ1) is 7.19. The van der Waals surface area contributed by atoms with Crippen molar-refractivity contribution in [1.82, 2.24) is 0 Å². The second-order valence-electron chi connectivity index (χ2n) is 5.74. The van der Waals surface area contributed by atoms with Crippen LogP contribution in [0, 0.1) is 5.41 Å². The molecule has 0 spiro atoms. The van der Waals surface area contributed by atoms with Gasteiger partial charge in [0.15, 0.2) is 0 Å². The van der Waals surface area contributed by atoms with Crippen LogP contribution < -0.4 is 0 Å². The maximum atomic E-state index is 4.17. The Labute approximate surface area is 102 Å². The molecule has 0 radical (unpaired) electrons. The van der Waals surface area contributed by atoms with Crippen LogP contribution >= 0.6 is 0 Å². The van der Waals surface area contributed by atoms with Gasteiger partial charge in [-0.1, -0.05) is 44.6 Å². The monoisotopic (exact) mass is 220 g/mol. The maximum absolute atomic E-state index is 4.17. The second kappa shape index (κ2) is 6.08. The van der Waals surface area contributed by atoms with Crippen molar-refractivity contribution in [2.75, 3.05) is 0 Å². The van der Waals surface area contributed by atoms with Gasteiger partial charge in [0.05, 0.1) is 0 Å². The molecule has 0 aliphatic carbocycles. The Morgan fingerprint density at radius 3 is 2.00 bits per heavy atom. The molecule has 16 heavy (non-hydrogen) atoms. The van der Waals surface area contributed by atoms with Gasteiger partial charge in [-0.2, -0.15) is 0 Å². The van der Waals surface area contributed by atoms with Crippen LogP contribution in [0.5, 0.6) is 0 Å². The van der Waals surface area contributed by atoms with Crippen LogP contribution in [0.2, 0.25) is 0 Å². The molecule has 0 saturated heterocycles. The molecule has 0 saturated carbocycles. The highest BCUT2D eigenvalue weighted by Gasteiger charge is 2.11. The second-order valence-corrected chi connectivity index (χ2v) is 5.74. The average molecular weight is 220 g/mol. The summed E-state index contributed by atoms with van der Waals surface area (Å²) in [4.78, 5) is 0. The molecule has 0 nitrogen and oxygen atoms in total. The molecule has 0 aliphatic rings. The minimum absolute atomic E-state index is 0.309. The van der Waals surface area contributed by atoms with E-state index < -0.39 is 0 Å². The van der Waals surface area contributed by atoms with Crippen LogP contribution in [-0.4, -0.2) is 0 Å². The zero-order valence-electron chi connectivity index (χ0n) is 12.2. The van der Waals surface area contributed by atoms with Gasteiger partial charge in [-0.05, 0) is 57.1 Å². The van der Waals surface area contributed by atoms with E-state index in [1.165, 1.54) is 28.7 Å². The summed E-state index contributed by atoms with van der Waals surface area (Å²) in [7, 11) is 0. The van der Waals surface area contributed by atoms with Crippen molar-refractivity contribution < 1.29 is 0 Å². The highest BCUT2D eigenvalue weighted by atomic mass is 14.2. The highest BCUT2D eigenvalue weighted by molar-refractivity contribution is 5.33. The largest absolute Gasteiger partial charge is 0.0952 e. The Morgan fingerprint density at radius 1 is 1.12 bits per heavy atom. The van der Waals surface area contributed by atoms with E-state index >= 15 is 0 Å². The van der Waals surface area contributed by atoms with Crippen molar-refractivity contribution >= 4 is 0 Å². The zero-order chi connectivity index (χ0) is 12.9. The molecule has 0 aromatic rings. The molecule has 92 valence electrons. The number of rotatable bonds is 5. The third-order valence-electron chi connectivity index (χ3n) is 3.32. The highest BCUT2D eigenvalue weighted by Crippen LogP contribution is 2.27. The molecule has 0 fully saturated rings. The van der Waals surface area contributed by atoms with E-state index in [-0.39, 0.29) is 0 Å². The summed E-state index contributed by atoms with van der Waals surface area (Å²) in [6.45, 7) is 19.6. The van der Waals surface area contributed by atoms with E-state index in [4.69, 9.17) is 0 Å². The van der Waals surface area contributed by atoms with Crippen LogP contribution in [0.4, 0.5) is 0 Å². The lowest BCUT2D eigenvalue weighted by Crippen LogP contribution is -2.06. The SMILES string of the molecule is C=C(C/C(C)=C/C(C)(C)CC)C(C)=C(C)C. The predicted molar refractivity (Wildman–Crippen MR) is 75.6 cm³/mol. The summed E-state index contributed by atoms with van der Waals surface area (Å²) >= 11 is 0. The quantitative estimate of drug-likeness (QED) is 0.413. The minimum atomic E-state index is 0.309.